The fourth-order valence-electron chi connectivity index (χ4n) is 1.16. The number of alkyl halides is 1. The Morgan fingerprint density at radius 2 is 2.21 bits per heavy atom. The van der Waals surface area contributed by atoms with E-state index in [4.69, 9.17) is 16.4 Å². The largest absolute Gasteiger partial charge is 0.382 e. The Hall–Kier alpha value is -2.28. The van der Waals surface area contributed by atoms with Crippen LogP contribution in [0.3, 0.4) is 0 Å². The Balaban J connectivity index is 2.99. The highest BCUT2D eigenvalue weighted by atomic mass is 35.5. The van der Waals surface area contributed by atoms with Gasteiger partial charge < -0.3 is 10.2 Å². The third kappa shape index (κ3) is 4.84. The van der Waals surface area contributed by atoms with E-state index < -0.39 is 10.8 Å². The molecule has 0 radical (unpaired) electrons. The minimum atomic E-state index is -0.593. The zero-order valence-electron chi connectivity index (χ0n) is 10.1. The molecule has 1 amide bonds. The number of carbonyl (C=O) groups is 1. The number of nitro groups is 1. The van der Waals surface area contributed by atoms with Gasteiger partial charge in [0.25, 0.3) is 5.69 Å². The van der Waals surface area contributed by atoms with E-state index >= 15 is 0 Å². The molecule has 0 aliphatic heterocycles. The highest BCUT2D eigenvalue weighted by Gasteiger charge is 2.12. The summed E-state index contributed by atoms with van der Waals surface area (Å²) in [4.78, 5) is 26.4. The first-order chi connectivity index (χ1) is 8.92. The van der Waals surface area contributed by atoms with Gasteiger partial charge >= 0.3 is 0 Å². The monoisotopic (exact) mass is 285 g/mol. The zero-order valence-corrected chi connectivity index (χ0v) is 10.9. The molecular formula is C11H12ClN3O4. The maximum Gasteiger partial charge on any atom is 0.275 e. The molecule has 1 aromatic rings. The lowest BCUT2D eigenvalue weighted by molar-refractivity contribution is -0.384. The highest BCUT2D eigenvalue weighted by molar-refractivity contribution is 6.29. The third-order valence-corrected chi connectivity index (χ3v) is 2.09. The molecule has 0 aromatic heterocycles. The molecule has 0 bridgehead atoms. The minimum absolute atomic E-state index is 0.169. The Bertz CT molecular complexity index is 519. The Kier molecular flexibility index (Phi) is 5.13. The molecule has 0 unspecified atom stereocenters. The summed E-state index contributed by atoms with van der Waals surface area (Å²) >= 11 is 5.35. The molecule has 0 saturated carbocycles. The summed E-state index contributed by atoms with van der Waals surface area (Å²) in [7, 11) is 0. The molecule has 19 heavy (non-hydrogen) atoms. The summed E-state index contributed by atoms with van der Waals surface area (Å²) in [5.41, 5.74) is 3.00. The summed E-state index contributed by atoms with van der Waals surface area (Å²) < 4.78 is 0. The maximum absolute atomic E-state index is 11.2. The van der Waals surface area contributed by atoms with Crippen molar-refractivity contribution in [3.8, 4) is 5.75 Å². The van der Waals surface area contributed by atoms with Crippen LogP contribution in [0, 0.1) is 10.1 Å². The van der Waals surface area contributed by atoms with E-state index in [1.807, 2.05) is 0 Å². The zero-order chi connectivity index (χ0) is 14.4. The SMILES string of the molecule is C=C(C)NOc1cc(NC(=O)CCl)cc([N+](=O)[O-])c1. The van der Waals surface area contributed by atoms with Crippen molar-refractivity contribution in [2.75, 3.05) is 11.2 Å². The van der Waals surface area contributed by atoms with Crippen molar-refractivity contribution < 1.29 is 14.6 Å². The topological polar surface area (TPSA) is 93.5 Å². The van der Waals surface area contributed by atoms with Crippen LogP contribution < -0.4 is 15.6 Å². The second-order valence-corrected chi connectivity index (χ2v) is 3.91. The average molecular weight is 286 g/mol. The average Bonchev–Trinajstić information content (AvgIpc) is 2.35. The number of benzene rings is 1. The van der Waals surface area contributed by atoms with Gasteiger partial charge in [-0.1, -0.05) is 6.58 Å². The second kappa shape index (κ2) is 6.60. The maximum atomic E-state index is 11.2. The summed E-state index contributed by atoms with van der Waals surface area (Å²) in [6.07, 6.45) is 0. The van der Waals surface area contributed by atoms with Gasteiger partial charge in [0.1, 0.15) is 5.88 Å². The van der Waals surface area contributed by atoms with Gasteiger partial charge in [0.15, 0.2) is 5.75 Å². The van der Waals surface area contributed by atoms with Crippen LogP contribution >= 0.6 is 11.6 Å². The Morgan fingerprint density at radius 1 is 1.53 bits per heavy atom. The molecule has 0 fully saturated rings. The molecule has 0 heterocycles. The van der Waals surface area contributed by atoms with Crippen LogP contribution in [0.4, 0.5) is 11.4 Å². The number of nitrogens with zero attached hydrogens (tertiary/aromatic N) is 1. The van der Waals surface area contributed by atoms with Crippen molar-refractivity contribution in [3.05, 3.63) is 40.6 Å². The number of hydrogen-bond acceptors (Lipinski definition) is 5. The molecule has 1 aromatic carbocycles. The molecule has 7 nitrogen and oxygen atoms in total. The number of non-ortho nitro benzene ring substituents is 1. The molecule has 0 aliphatic rings. The predicted octanol–water partition coefficient (Wildman–Crippen LogP) is 2.19. The van der Waals surface area contributed by atoms with Gasteiger partial charge in [-0.2, -0.15) is 0 Å². The molecule has 2 N–H and O–H groups in total. The summed E-state index contributed by atoms with van der Waals surface area (Å²) in [6.45, 7) is 5.21. The van der Waals surface area contributed by atoms with Gasteiger partial charge in [-0.3, -0.25) is 14.9 Å². The number of halogens is 1. The van der Waals surface area contributed by atoms with Crippen LogP contribution in [0.25, 0.3) is 0 Å². The van der Waals surface area contributed by atoms with Crippen LogP contribution in [0.15, 0.2) is 30.5 Å². The van der Waals surface area contributed by atoms with Gasteiger partial charge in [-0.15, -0.1) is 11.6 Å². The molecule has 102 valence electrons. The number of nitrogens with one attached hydrogen (secondary N) is 2. The van der Waals surface area contributed by atoms with E-state index in [0.29, 0.717) is 5.70 Å². The van der Waals surface area contributed by atoms with Crippen LogP contribution in [0.5, 0.6) is 5.75 Å². The van der Waals surface area contributed by atoms with Gasteiger partial charge in [-0.05, 0) is 6.92 Å². The summed E-state index contributed by atoms with van der Waals surface area (Å²) in [5, 5.41) is 13.2. The fourth-order valence-corrected chi connectivity index (χ4v) is 1.23. The van der Waals surface area contributed by atoms with E-state index in [0.717, 1.165) is 0 Å². The van der Waals surface area contributed by atoms with Gasteiger partial charge in [0, 0.05) is 17.8 Å². The van der Waals surface area contributed by atoms with Crippen molar-refractivity contribution in [2.45, 2.75) is 6.92 Å². The second-order valence-electron chi connectivity index (χ2n) is 3.64. The van der Waals surface area contributed by atoms with E-state index in [2.05, 4.69) is 17.4 Å². The van der Waals surface area contributed by atoms with Gasteiger partial charge in [0.2, 0.25) is 5.91 Å². The van der Waals surface area contributed by atoms with E-state index in [1.165, 1.54) is 18.2 Å². The number of allylic oxidation sites excluding steroid dienone is 1. The number of hydrogen-bond donors (Lipinski definition) is 2. The van der Waals surface area contributed by atoms with Crippen LogP contribution in [0.1, 0.15) is 6.92 Å². The van der Waals surface area contributed by atoms with Crippen molar-refractivity contribution in [1.82, 2.24) is 5.48 Å². The smallest absolute Gasteiger partial charge is 0.275 e. The number of hydroxylamine groups is 1. The quantitative estimate of drug-likeness (QED) is 0.475. The molecule has 0 atom stereocenters. The number of amides is 1. The number of anilines is 1. The number of carbonyl (C=O) groups excluding carboxylic acids is 1. The predicted molar refractivity (Wildman–Crippen MR) is 71.0 cm³/mol. The van der Waals surface area contributed by atoms with Crippen molar-refractivity contribution >= 4 is 28.9 Å². The van der Waals surface area contributed by atoms with Crippen LogP contribution in [0.2, 0.25) is 0 Å². The first kappa shape index (κ1) is 14.8. The lowest BCUT2D eigenvalue weighted by Crippen LogP contribution is -2.16. The fraction of sp³-hybridized carbons (Fsp3) is 0.182. The normalized spacial score (nSPS) is 9.58. The molecular weight excluding hydrogens is 274 g/mol. The summed E-state index contributed by atoms with van der Waals surface area (Å²) in [6, 6.07) is 3.84. The van der Waals surface area contributed by atoms with Crippen LogP contribution in [-0.2, 0) is 4.79 Å². The number of nitro benzene ring substituents is 1. The lowest BCUT2D eigenvalue weighted by atomic mass is 10.2. The third-order valence-electron chi connectivity index (χ3n) is 1.85. The standard InChI is InChI=1S/C11H12ClN3O4/c1-7(2)14-19-10-4-8(13-11(16)6-12)3-9(5-10)15(17)18/h3-5,14H,1,6H2,2H3,(H,13,16). The lowest BCUT2D eigenvalue weighted by Gasteiger charge is -2.09. The molecule has 1 rings (SSSR count). The minimum Gasteiger partial charge on any atom is -0.382 e. The van der Waals surface area contributed by atoms with Gasteiger partial charge in [-0.25, -0.2) is 5.48 Å². The molecule has 0 spiro atoms. The molecule has 0 aliphatic carbocycles. The first-order valence-corrected chi connectivity index (χ1v) is 5.69. The van der Waals surface area contributed by atoms with Crippen molar-refractivity contribution in [1.29, 1.82) is 0 Å². The van der Waals surface area contributed by atoms with E-state index in [-0.39, 0.29) is 23.0 Å². The van der Waals surface area contributed by atoms with E-state index in [1.54, 1.807) is 6.92 Å². The van der Waals surface area contributed by atoms with E-state index in [9.17, 15) is 14.9 Å². The Morgan fingerprint density at radius 3 is 2.74 bits per heavy atom. The number of rotatable bonds is 6. The molecule has 0 saturated heterocycles. The van der Waals surface area contributed by atoms with Gasteiger partial charge in [0.05, 0.1) is 16.7 Å². The van der Waals surface area contributed by atoms with Crippen LogP contribution in [-0.4, -0.2) is 16.7 Å². The summed E-state index contributed by atoms with van der Waals surface area (Å²) in [5.74, 6) is -0.550. The van der Waals surface area contributed by atoms with Crippen molar-refractivity contribution in [2.24, 2.45) is 0 Å². The first-order valence-electron chi connectivity index (χ1n) is 5.16. The Labute approximate surface area is 114 Å². The molecule has 8 heteroatoms. The highest BCUT2D eigenvalue weighted by Crippen LogP contribution is 2.25. The van der Waals surface area contributed by atoms with Crippen molar-refractivity contribution in [3.63, 3.8) is 0 Å².